The Hall–Kier alpha value is -1.60. The molecular formula is C18H20O. The Bertz CT molecular complexity index is 559. The van der Waals surface area contributed by atoms with Gasteiger partial charge in [0.1, 0.15) is 0 Å². The Kier molecular flexibility index (Phi) is 3.39. The second kappa shape index (κ2) is 5.18. The molecule has 0 aliphatic heterocycles. The van der Waals surface area contributed by atoms with E-state index in [1.165, 1.54) is 16.7 Å². The standard InChI is InChI=1S/C18H20O/c1-13-7-10-18(19)17-12-15(8-9-16(13)17)11-14-5-3-2-4-6-14/h2-6,8-9,12-13,18-19H,7,10-11H2,1H3. The van der Waals surface area contributed by atoms with E-state index in [9.17, 15) is 5.11 Å². The molecule has 0 aromatic heterocycles. The number of aliphatic hydroxyl groups is 1. The molecule has 1 aliphatic rings. The Balaban J connectivity index is 1.91. The van der Waals surface area contributed by atoms with E-state index in [1.54, 1.807) is 0 Å². The van der Waals surface area contributed by atoms with Gasteiger partial charge in [-0.05, 0) is 47.4 Å². The Morgan fingerprint density at radius 1 is 0.947 bits per heavy atom. The zero-order valence-electron chi connectivity index (χ0n) is 11.3. The quantitative estimate of drug-likeness (QED) is 0.849. The molecule has 1 aliphatic carbocycles. The Morgan fingerprint density at radius 2 is 1.74 bits per heavy atom. The van der Waals surface area contributed by atoms with Crippen LogP contribution in [0.5, 0.6) is 0 Å². The molecule has 0 amide bonds. The van der Waals surface area contributed by atoms with Crippen molar-refractivity contribution in [1.29, 1.82) is 0 Å². The van der Waals surface area contributed by atoms with Gasteiger partial charge in [0.05, 0.1) is 6.10 Å². The van der Waals surface area contributed by atoms with Crippen molar-refractivity contribution in [2.24, 2.45) is 0 Å². The Labute approximate surface area is 114 Å². The summed E-state index contributed by atoms with van der Waals surface area (Å²) < 4.78 is 0. The molecule has 2 aromatic rings. The molecule has 98 valence electrons. The maximum atomic E-state index is 10.2. The summed E-state index contributed by atoms with van der Waals surface area (Å²) in [6.45, 7) is 2.25. The minimum atomic E-state index is -0.276. The molecule has 1 N–H and O–H groups in total. The monoisotopic (exact) mass is 252 g/mol. The van der Waals surface area contributed by atoms with E-state index in [2.05, 4.69) is 49.4 Å². The van der Waals surface area contributed by atoms with Crippen LogP contribution in [0.3, 0.4) is 0 Å². The lowest BCUT2D eigenvalue weighted by atomic mass is 9.81. The van der Waals surface area contributed by atoms with Crippen molar-refractivity contribution in [3.05, 3.63) is 70.8 Å². The van der Waals surface area contributed by atoms with E-state index in [1.807, 2.05) is 6.07 Å². The SMILES string of the molecule is CC1CCC(O)c2cc(Cc3ccccc3)ccc21. The number of fused-ring (bicyclic) bond motifs is 1. The lowest BCUT2D eigenvalue weighted by molar-refractivity contribution is 0.151. The lowest BCUT2D eigenvalue weighted by Gasteiger charge is -2.27. The summed E-state index contributed by atoms with van der Waals surface area (Å²) in [6, 6.07) is 17.1. The van der Waals surface area contributed by atoms with Crippen LogP contribution in [0.15, 0.2) is 48.5 Å². The second-order valence-corrected chi connectivity index (χ2v) is 5.62. The Morgan fingerprint density at radius 3 is 2.53 bits per heavy atom. The number of rotatable bonds is 2. The first kappa shape index (κ1) is 12.4. The van der Waals surface area contributed by atoms with E-state index in [-0.39, 0.29) is 6.10 Å². The summed E-state index contributed by atoms with van der Waals surface area (Å²) in [5.74, 6) is 0.573. The zero-order chi connectivity index (χ0) is 13.2. The van der Waals surface area contributed by atoms with Crippen LogP contribution in [-0.4, -0.2) is 5.11 Å². The summed E-state index contributed by atoms with van der Waals surface area (Å²) in [7, 11) is 0. The van der Waals surface area contributed by atoms with Gasteiger partial charge in [-0.3, -0.25) is 0 Å². The van der Waals surface area contributed by atoms with E-state index in [0.29, 0.717) is 5.92 Å². The maximum Gasteiger partial charge on any atom is 0.0793 e. The molecule has 0 bridgehead atoms. The highest BCUT2D eigenvalue weighted by Gasteiger charge is 2.23. The predicted molar refractivity (Wildman–Crippen MR) is 78.3 cm³/mol. The van der Waals surface area contributed by atoms with Gasteiger partial charge in [-0.25, -0.2) is 0 Å². The highest BCUT2D eigenvalue weighted by Crippen LogP contribution is 2.37. The molecule has 2 aromatic carbocycles. The molecule has 19 heavy (non-hydrogen) atoms. The molecule has 1 nitrogen and oxygen atoms in total. The average Bonchev–Trinajstić information content (AvgIpc) is 2.44. The van der Waals surface area contributed by atoms with Crippen LogP contribution in [-0.2, 0) is 6.42 Å². The summed E-state index contributed by atoms with van der Waals surface area (Å²) in [5, 5.41) is 10.2. The first-order chi connectivity index (χ1) is 9.24. The predicted octanol–water partition coefficient (Wildman–Crippen LogP) is 4.21. The van der Waals surface area contributed by atoms with Crippen molar-refractivity contribution in [2.75, 3.05) is 0 Å². The normalized spacial score (nSPS) is 22.0. The summed E-state index contributed by atoms with van der Waals surface area (Å²) in [6.07, 6.45) is 2.65. The summed E-state index contributed by atoms with van der Waals surface area (Å²) in [4.78, 5) is 0. The maximum absolute atomic E-state index is 10.2. The van der Waals surface area contributed by atoms with Crippen LogP contribution < -0.4 is 0 Å². The van der Waals surface area contributed by atoms with Crippen molar-refractivity contribution >= 4 is 0 Å². The van der Waals surface area contributed by atoms with Gasteiger partial charge in [0, 0.05) is 0 Å². The molecule has 0 saturated carbocycles. The fourth-order valence-electron chi connectivity index (χ4n) is 3.02. The minimum absolute atomic E-state index is 0.276. The largest absolute Gasteiger partial charge is 0.388 e. The average molecular weight is 252 g/mol. The van der Waals surface area contributed by atoms with Crippen LogP contribution in [0.4, 0.5) is 0 Å². The first-order valence-electron chi connectivity index (χ1n) is 7.09. The molecule has 1 heteroatoms. The fraction of sp³-hybridized carbons (Fsp3) is 0.333. The van der Waals surface area contributed by atoms with Crippen molar-refractivity contribution < 1.29 is 5.11 Å². The highest BCUT2D eigenvalue weighted by atomic mass is 16.3. The number of hydrogen-bond acceptors (Lipinski definition) is 1. The third-order valence-electron chi connectivity index (χ3n) is 4.17. The third kappa shape index (κ3) is 2.57. The van der Waals surface area contributed by atoms with Gasteiger partial charge in [-0.2, -0.15) is 0 Å². The van der Waals surface area contributed by atoms with Crippen LogP contribution in [0.1, 0.15) is 54.0 Å². The van der Waals surface area contributed by atoms with Gasteiger partial charge in [-0.15, -0.1) is 0 Å². The molecule has 3 rings (SSSR count). The lowest BCUT2D eigenvalue weighted by Crippen LogP contribution is -2.12. The van der Waals surface area contributed by atoms with Gasteiger partial charge in [0.15, 0.2) is 0 Å². The zero-order valence-corrected chi connectivity index (χ0v) is 11.3. The molecule has 0 saturated heterocycles. The number of benzene rings is 2. The van der Waals surface area contributed by atoms with Gasteiger partial charge in [0.2, 0.25) is 0 Å². The molecule has 0 fully saturated rings. The van der Waals surface area contributed by atoms with Gasteiger partial charge >= 0.3 is 0 Å². The van der Waals surface area contributed by atoms with Crippen molar-refractivity contribution in [2.45, 2.75) is 38.2 Å². The summed E-state index contributed by atoms with van der Waals surface area (Å²) >= 11 is 0. The number of hydrogen-bond donors (Lipinski definition) is 1. The van der Waals surface area contributed by atoms with E-state index < -0.39 is 0 Å². The van der Waals surface area contributed by atoms with Crippen molar-refractivity contribution in [3.63, 3.8) is 0 Å². The number of aliphatic hydroxyl groups excluding tert-OH is 1. The smallest absolute Gasteiger partial charge is 0.0793 e. The van der Waals surface area contributed by atoms with Crippen LogP contribution in [0, 0.1) is 0 Å². The molecule has 0 heterocycles. The molecule has 2 unspecified atom stereocenters. The van der Waals surface area contributed by atoms with E-state index in [0.717, 1.165) is 24.8 Å². The van der Waals surface area contributed by atoms with Gasteiger partial charge in [-0.1, -0.05) is 55.5 Å². The summed E-state index contributed by atoms with van der Waals surface area (Å²) in [5.41, 5.74) is 5.08. The van der Waals surface area contributed by atoms with E-state index in [4.69, 9.17) is 0 Å². The molecule has 0 radical (unpaired) electrons. The third-order valence-corrected chi connectivity index (χ3v) is 4.17. The van der Waals surface area contributed by atoms with Gasteiger partial charge < -0.3 is 5.11 Å². The van der Waals surface area contributed by atoms with Crippen LogP contribution in [0.25, 0.3) is 0 Å². The molecule has 0 spiro atoms. The van der Waals surface area contributed by atoms with Gasteiger partial charge in [0.25, 0.3) is 0 Å². The highest BCUT2D eigenvalue weighted by molar-refractivity contribution is 5.39. The van der Waals surface area contributed by atoms with E-state index >= 15 is 0 Å². The fourth-order valence-corrected chi connectivity index (χ4v) is 3.02. The molecule has 2 atom stereocenters. The van der Waals surface area contributed by atoms with Crippen LogP contribution in [0.2, 0.25) is 0 Å². The topological polar surface area (TPSA) is 20.2 Å². The molecular weight excluding hydrogens is 232 g/mol. The van der Waals surface area contributed by atoms with Crippen LogP contribution >= 0.6 is 0 Å². The van der Waals surface area contributed by atoms with Crippen molar-refractivity contribution in [3.8, 4) is 0 Å². The minimum Gasteiger partial charge on any atom is -0.388 e. The van der Waals surface area contributed by atoms with Crippen molar-refractivity contribution in [1.82, 2.24) is 0 Å². The second-order valence-electron chi connectivity index (χ2n) is 5.62. The first-order valence-corrected chi connectivity index (χ1v) is 7.09.